The summed E-state index contributed by atoms with van der Waals surface area (Å²) >= 11 is 0. The van der Waals surface area contributed by atoms with E-state index in [9.17, 15) is 4.79 Å². The van der Waals surface area contributed by atoms with Crippen LogP contribution in [0.5, 0.6) is 0 Å². The molecule has 1 aliphatic rings. The highest BCUT2D eigenvalue weighted by Gasteiger charge is 2.15. The maximum absolute atomic E-state index is 11.4. The molecule has 1 amide bonds. The van der Waals surface area contributed by atoms with Crippen LogP contribution in [0.1, 0.15) is 29.0 Å². The third-order valence-electron chi connectivity index (χ3n) is 3.08. The molecule has 1 aliphatic heterocycles. The number of piperidine rings is 1. The quantitative estimate of drug-likeness (QED) is 0.793. The Labute approximate surface area is 101 Å². The molecule has 0 aromatic carbocycles. The van der Waals surface area contributed by atoms with E-state index < -0.39 is 0 Å². The summed E-state index contributed by atoms with van der Waals surface area (Å²) in [6, 6.07) is 1.79. The minimum Gasteiger partial charge on any atom is -0.354 e. The Morgan fingerprint density at radius 2 is 2.47 bits per heavy atom. The molecule has 0 radical (unpaired) electrons. The van der Waals surface area contributed by atoms with Gasteiger partial charge in [0.15, 0.2) is 0 Å². The van der Waals surface area contributed by atoms with Crippen LogP contribution in [-0.4, -0.2) is 36.0 Å². The summed E-state index contributed by atoms with van der Waals surface area (Å²) in [6.07, 6.45) is 4.83. The normalized spacial score (nSPS) is 19.9. The van der Waals surface area contributed by atoms with E-state index in [0.29, 0.717) is 11.6 Å². The summed E-state index contributed by atoms with van der Waals surface area (Å²) in [5.41, 5.74) is 1.40. The van der Waals surface area contributed by atoms with Gasteiger partial charge in [-0.15, -0.1) is 0 Å². The zero-order valence-corrected chi connectivity index (χ0v) is 10.1. The first-order chi connectivity index (χ1) is 8.29. The Morgan fingerprint density at radius 1 is 1.59 bits per heavy atom. The summed E-state index contributed by atoms with van der Waals surface area (Å²) in [7, 11) is 1.61. The average Bonchev–Trinajstić information content (AvgIpc) is 2.39. The molecule has 1 saturated heterocycles. The predicted molar refractivity (Wildman–Crippen MR) is 64.7 cm³/mol. The van der Waals surface area contributed by atoms with Gasteiger partial charge < -0.3 is 10.6 Å². The zero-order valence-electron chi connectivity index (χ0n) is 10.1. The Hall–Kier alpha value is -1.49. The van der Waals surface area contributed by atoms with Gasteiger partial charge in [-0.2, -0.15) is 0 Å². The number of carbonyl (C=O) groups excluding carboxylic acids is 1. The second-order valence-corrected chi connectivity index (χ2v) is 4.39. The van der Waals surface area contributed by atoms with Crippen LogP contribution < -0.4 is 10.6 Å². The van der Waals surface area contributed by atoms with E-state index in [1.165, 1.54) is 19.2 Å². The maximum atomic E-state index is 11.4. The first-order valence-corrected chi connectivity index (χ1v) is 6.03. The summed E-state index contributed by atoms with van der Waals surface area (Å²) in [6.45, 7) is 2.16. The van der Waals surface area contributed by atoms with Crippen molar-refractivity contribution in [3.05, 3.63) is 23.8 Å². The van der Waals surface area contributed by atoms with Crippen molar-refractivity contribution in [3.8, 4) is 0 Å². The monoisotopic (exact) mass is 234 g/mol. The van der Waals surface area contributed by atoms with Crippen molar-refractivity contribution in [2.75, 3.05) is 20.1 Å². The maximum Gasteiger partial charge on any atom is 0.269 e. The van der Waals surface area contributed by atoms with E-state index in [1.807, 2.05) is 0 Å². The van der Waals surface area contributed by atoms with Crippen LogP contribution >= 0.6 is 0 Å². The number of nitrogens with zero attached hydrogens (tertiary/aromatic N) is 2. The Bertz CT molecular complexity index is 388. The van der Waals surface area contributed by atoms with Crippen LogP contribution in [0.15, 0.2) is 12.4 Å². The Morgan fingerprint density at radius 3 is 3.18 bits per heavy atom. The SMILES string of the molecule is CNC(=O)c1cc(C[C@@H]2CCCNC2)ncn1. The average molecular weight is 234 g/mol. The lowest BCUT2D eigenvalue weighted by Crippen LogP contribution is -2.31. The Kier molecular flexibility index (Phi) is 4.03. The molecule has 17 heavy (non-hydrogen) atoms. The molecule has 0 saturated carbocycles. The van der Waals surface area contributed by atoms with Crippen molar-refractivity contribution >= 4 is 5.91 Å². The minimum absolute atomic E-state index is 0.157. The predicted octanol–water partition coefficient (Wildman–Crippen LogP) is 0.378. The van der Waals surface area contributed by atoms with Crippen molar-refractivity contribution in [1.29, 1.82) is 0 Å². The van der Waals surface area contributed by atoms with Gasteiger partial charge in [0.25, 0.3) is 5.91 Å². The summed E-state index contributed by atoms with van der Waals surface area (Å²) in [4.78, 5) is 19.6. The van der Waals surface area contributed by atoms with E-state index in [1.54, 1.807) is 13.1 Å². The molecular formula is C12H18N4O. The summed E-state index contributed by atoms with van der Waals surface area (Å²) in [5, 5.41) is 5.95. The van der Waals surface area contributed by atoms with Crippen LogP contribution in [0.25, 0.3) is 0 Å². The molecular weight excluding hydrogens is 216 g/mol. The van der Waals surface area contributed by atoms with E-state index in [-0.39, 0.29) is 5.91 Å². The molecule has 0 spiro atoms. The molecule has 1 atom stereocenters. The number of nitrogens with one attached hydrogen (secondary N) is 2. The fraction of sp³-hybridized carbons (Fsp3) is 0.583. The Balaban J connectivity index is 2.02. The smallest absolute Gasteiger partial charge is 0.269 e. The van der Waals surface area contributed by atoms with Crippen molar-refractivity contribution in [1.82, 2.24) is 20.6 Å². The molecule has 2 N–H and O–H groups in total. The topological polar surface area (TPSA) is 66.9 Å². The van der Waals surface area contributed by atoms with Crippen molar-refractivity contribution in [2.45, 2.75) is 19.3 Å². The second-order valence-electron chi connectivity index (χ2n) is 4.39. The third kappa shape index (κ3) is 3.23. The van der Waals surface area contributed by atoms with E-state index >= 15 is 0 Å². The van der Waals surface area contributed by atoms with E-state index in [0.717, 1.165) is 25.2 Å². The molecule has 0 unspecified atom stereocenters. The standard InChI is InChI=1S/C12H18N4O/c1-13-12(17)11-6-10(15-8-16-11)5-9-3-2-4-14-7-9/h6,8-9,14H,2-5,7H2,1H3,(H,13,17)/t9-/m0/s1. The molecule has 2 rings (SSSR count). The second kappa shape index (κ2) is 5.72. The van der Waals surface area contributed by atoms with E-state index in [4.69, 9.17) is 0 Å². The highest BCUT2D eigenvalue weighted by Crippen LogP contribution is 2.15. The van der Waals surface area contributed by atoms with Crippen LogP contribution in [0, 0.1) is 5.92 Å². The lowest BCUT2D eigenvalue weighted by molar-refractivity contribution is 0.0958. The van der Waals surface area contributed by atoms with E-state index in [2.05, 4.69) is 20.6 Å². The lowest BCUT2D eigenvalue weighted by Gasteiger charge is -2.22. The highest BCUT2D eigenvalue weighted by molar-refractivity contribution is 5.91. The number of carbonyl (C=O) groups is 1. The molecule has 1 fully saturated rings. The van der Waals surface area contributed by atoms with Gasteiger partial charge in [0.05, 0.1) is 0 Å². The molecule has 92 valence electrons. The molecule has 0 bridgehead atoms. The van der Waals surface area contributed by atoms with Crippen LogP contribution in [0.4, 0.5) is 0 Å². The lowest BCUT2D eigenvalue weighted by atomic mass is 9.94. The molecule has 2 heterocycles. The summed E-state index contributed by atoms with van der Waals surface area (Å²) < 4.78 is 0. The van der Waals surface area contributed by atoms with Gasteiger partial charge >= 0.3 is 0 Å². The number of amides is 1. The van der Waals surface area contributed by atoms with Crippen molar-refractivity contribution in [3.63, 3.8) is 0 Å². The van der Waals surface area contributed by atoms with Crippen molar-refractivity contribution < 1.29 is 4.79 Å². The van der Waals surface area contributed by atoms with Gasteiger partial charge in [0.1, 0.15) is 12.0 Å². The molecule has 1 aromatic rings. The zero-order chi connectivity index (χ0) is 12.1. The van der Waals surface area contributed by atoms with Gasteiger partial charge in [0.2, 0.25) is 0 Å². The van der Waals surface area contributed by atoms with Crippen LogP contribution in [0.3, 0.4) is 0 Å². The van der Waals surface area contributed by atoms with Gasteiger partial charge in [-0.1, -0.05) is 0 Å². The fourth-order valence-electron chi connectivity index (χ4n) is 2.16. The molecule has 5 nitrogen and oxygen atoms in total. The number of hydrogen-bond donors (Lipinski definition) is 2. The first kappa shape index (κ1) is 12.0. The van der Waals surface area contributed by atoms with Crippen LogP contribution in [0.2, 0.25) is 0 Å². The van der Waals surface area contributed by atoms with Crippen LogP contribution in [-0.2, 0) is 6.42 Å². The number of hydrogen-bond acceptors (Lipinski definition) is 4. The highest BCUT2D eigenvalue weighted by atomic mass is 16.1. The largest absolute Gasteiger partial charge is 0.354 e. The van der Waals surface area contributed by atoms with Gasteiger partial charge in [-0.05, 0) is 44.3 Å². The molecule has 5 heteroatoms. The fourth-order valence-corrected chi connectivity index (χ4v) is 2.16. The number of rotatable bonds is 3. The third-order valence-corrected chi connectivity index (χ3v) is 3.08. The van der Waals surface area contributed by atoms with Gasteiger partial charge in [-0.3, -0.25) is 4.79 Å². The summed E-state index contributed by atoms with van der Waals surface area (Å²) in [5.74, 6) is 0.464. The number of aromatic nitrogens is 2. The molecule has 0 aliphatic carbocycles. The van der Waals surface area contributed by atoms with Gasteiger partial charge in [0, 0.05) is 12.7 Å². The minimum atomic E-state index is -0.157. The molecule has 1 aromatic heterocycles. The first-order valence-electron chi connectivity index (χ1n) is 6.03. The van der Waals surface area contributed by atoms with Crippen molar-refractivity contribution in [2.24, 2.45) is 5.92 Å². The van der Waals surface area contributed by atoms with Gasteiger partial charge in [-0.25, -0.2) is 9.97 Å².